The van der Waals surface area contributed by atoms with Gasteiger partial charge in [-0.25, -0.2) is 0 Å². The number of rotatable bonds is 0. The second kappa shape index (κ2) is 4.98. The number of hydrogen-bond acceptors (Lipinski definition) is 1. The smallest absolute Gasteiger partial charge is 0.252 e. The van der Waals surface area contributed by atoms with Gasteiger partial charge in [-0.2, -0.15) is 13.2 Å². The molecular weight excluding hydrogens is 191 g/mol. The zero-order valence-corrected chi connectivity index (χ0v) is 8.74. The summed E-state index contributed by atoms with van der Waals surface area (Å²) < 4.78 is 36.5. The fourth-order valence-electron chi connectivity index (χ4n) is 0.918. The maximum absolute atomic E-state index is 12.2. The van der Waals surface area contributed by atoms with Gasteiger partial charge in [0.05, 0.1) is 0 Å². The summed E-state index contributed by atoms with van der Waals surface area (Å²) in [4.78, 5) is 3.29. The molecule has 0 aliphatic heterocycles. The van der Waals surface area contributed by atoms with Crippen LogP contribution in [-0.4, -0.2) is 4.98 Å². The zero-order valence-electron chi connectivity index (χ0n) is 8.74. The van der Waals surface area contributed by atoms with E-state index in [1.54, 1.807) is 13.0 Å². The van der Waals surface area contributed by atoms with E-state index >= 15 is 0 Å². The number of hydrogen-bond donors (Lipinski definition) is 0. The molecule has 0 amide bonds. The SMILES string of the molecule is CC.Cc1ccnc(C(F)(F)F)c1C. The van der Waals surface area contributed by atoms with Gasteiger partial charge in [-0.05, 0) is 31.0 Å². The molecule has 80 valence electrons. The fraction of sp³-hybridized carbons (Fsp3) is 0.500. The quantitative estimate of drug-likeness (QED) is 0.628. The third-order valence-electron chi connectivity index (χ3n) is 1.74. The van der Waals surface area contributed by atoms with Crippen molar-refractivity contribution < 1.29 is 13.2 Å². The third-order valence-corrected chi connectivity index (χ3v) is 1.74. The first kappa shape index (κ1) is 12.9. The Kier molecular flexibility index (Phi) is 4.60. The molecule has 0 unspecified atom stereocenters. The van der Waals surface area contributed by atoms with Gasteiger partial charge in [-0.3, -0.25) is 4.98 Å². The molecule has 0 saturated carbocycles. The average molecular weight is 205 g/mol. The van der Waals surface area contributed by atoms with Crippen LogP contribution in [0.5, 0.6) is 0 Å². The van der Waals surface area contributed by atoms with Crippen LogP contribution in [0.3, 0.4) is 0 Å². The molecular formula is C10H14F3N. The minimum Gasteiger partial charge on any atom is -0.252 e. The molecule has 1 heterocycles. The van der Waals surface area contributed by atoms with Crippen molar-refractivity contribution in [2.24, 2.45) is 0 Å². The van der Waals surface area contributed by atoms with E-state index < -0.39 is 11.9 Å². The lowest BCUT2D eigenvalue weighted by molar-refractivity contribution is -0.141. The Labute approximate surface area is 82.0 Å². The van der Waals surface area contributed by atoms with E-state index in [0.717, 1.165) is 0 Å². The predicted octanol–water partition coefficient (Wildman–Crippen LogP) is 3.74. The fourth-order valence-corrected chi connectivity index (χ4v) is 0.918. The minimum atomic E-state index is -4.34. The molecule has 0 spiro atoms. The summed E-state index contributed by atoms with van der Waals surface area (Å²) in [5.41, 5.74) is 0.0184. The van der Waals surface area contributed by atoms with Gasteiger partial charge >= 0.3 is 6.18 Å². The first-order chi connectivity index (χ1) is 6.43. The summed E-state index contributed by atoms with van der Waals surface area (Å²) in [7, 11) is 0. The van der Waals surface area contributed by atoms with E-state index in [9.17, 15) is 13.2 Å². The lowest BCUT2D eigenvalue weighted by Gasteiger charge is -2.09. The number of aryl methyl sites for hydroxylation is 1. The van der Waals surface area contributed by atoms with Crippen molar-refractivity contribution in [3.63, 3.8) is 0 Å². The van der Waals surface area contributed by atoms with Crippen LogP contribution in [0.1, 0.15) is 30.7 Å². The Balaban J connectivity index is 0.000000791. The van der Waals surface area contributed by atoms with Crippen molar-refractivity contribution >= 4 is 0 Å². The van der Waals surface area contributed by atoms with Crippen molar-refractivity contribution in [3.05, 3.63) is 29.1 Å². The van der Waals surface area contributed by atoms with E-state index in [2.05, 4.69) is 4.98 Å². The van der Waals surface area contributed by atoms with E-state index in [4.69, 9.17) is 0 Å². The Bertz CT molecular complexity index is 292. The highest BCUT2D eigenvalue weighted by Crippen LogP contribution is 2.30. The highest BCUT2D eigenvalue weighted by Gasteiger charge is 2.34. The molecule has 0 N–H and O–H groups in total. The van der Waals surface area contributed by atoms with Crippen molar-refractivity contribution in [1.82, 2.24) is 4.98 Å². The van der Waals surface area contributed by atoms with Crippen LogP contribution in [0.25, 0.3) is 0 Å². The number of aromatic nitrogens is 1. The number of nitrogens with zero attached hydrogens (tertiary/aromatic N) is 1. The van der Waals surface area contributed by atoms with Crippen molar-refractivity contribution in [2.45, 2.75) is 33.9 Å². The van der Waals surface area contributed by atoms with Gasteiger partial charge < -0.3 is 0 Å². The highest BCUT2D eigenvalue weighted by atomic mass is 19.4. The Morgan fingerprint density at radius 3 is 2.00 bits per heavy atom. The molecule has 1 rings (SSSR count). The topological polar surface area (TPSA) is 12.9 Å². The summed E-state index contributed by atoms with van der Waals surface area (Å²) in [6.45, 7) is 7.05. The first-order valence-corrected chi connectivity index (χ1v) is 4.42. The highest BCUT2D eigenvalue weighted by molar-refractivity contribution is 5.28. The van der Waals surface area contributed by atoms with Crippen LogP contribution in [0, 0.1) is 13.8 Å². The van der Waals surface area contributed by atoms with Gasteiger partial charge in [0, 0.05) is 6.20 Å². The average Bonchev–Trinajstić information content (AvgIpc) is 2.11. The van der Waals surface area contributed by atoms with Crippen LogP contribution in [0.2, 0.25) is 0 Å². The Morgan fingerprint density at radius 2 is 1.64 bits per heavy atom. The molecule has 0 aliphatic rings. The zero-order chi connectivity index (χ0) is 11.4. The molecule has 0 bridgehead atoms. The Morgan fingerprint density at radius 1 is 1.14 bits per heavy atom. The third kappa shape index (κ3) is 3.01. The lowest BCUT2D eigenvalue weighted by Crippen LogP contribution is -2.10. The van der Waals surface area contributed by atoms with E-state index in [0.29, 0.717) is 5.56 Å². The monoisotopic (exact) mass is 205 g/mol. The van der Waals surface area contributed by atoms with Crippen LogP contribution in [0.15, 0.2) is 12.3 Å². The van der Waals surface area contributed by atoms with Gasteiger partial charge in [-0.1, -0.05) is 13.8 Å². The molecule has 0 aliphatic carbocycles. The second-order valence-corrected chi connectivity index (χ2v) is 2.60. The number of halogens is 3. The van der Waals surface area contributed by atoms with Crippen molar-refractivity contribution in [2.75, 3.05) is 0 Å². The molecule has 0 fully saturated rings. The normalized spacial score (nSPS) is 10.5. The predicted molar refractivity (Wildman–Crippen MR) is 50.1 cm³/mol. The summed E-state index contributed by atoms with van der Waals surface area (Å²) in [6, 6.07) is 1.56. The molecule has 14 heavy (non-hydrogen) atoms. The van der Waals surface area contributed by atoms with Crippen molar-refractivity contribution in [3.8, 4) is 0 Å². The molecule has 1 nitrogen and oxygen atoms in total. The Hall–Kier alpha value is -1.06. The largest absolute Gasteiger partial charge is 0.433 e. The first-order valence-electron chi connectivity index (χ1n) is 4.42. The molecule has 0 atom stereocenters. The number of alkyl halides is 3. The van der Waals surface area contributed by atoms with E-state index in [-0.39, 0.29) is 5.56 Å². The molecule has 0 saturated heterocycles. The summed E-state index contributed by atoms with van der Waals surface area (Å²) >= 11 is 0. The molecule has 0 aromatic carbocycles. The van der Waals surface area contributed by atoms with Gasteiger partial charge in [-0.15, -0.1) is 0 Å². The molecule has 1 aromatic rings. The standard InChI is InChI=1S/C8H8F3N.C2H6/c1-5-3-4-12-7(6(5)2)8(9,10)11;1-2/h3-4H,1-2H3;1-2H3. The van der Waals surface area contributed by atoms with Crippen LogP contribution >= 0.6 is 0 Å². The maximum Gasteiger partial charge on any atom is 0.433 e. The van der Waals surface area contributed by atoms with Gasteiger partial charge in [0.2, 0.25) is 0 Å². The van der Waals surface area contributed by atoms with Crippen LogP contribution in [-0.2, 0) is 6.18 Å². The number of pyridine rings is 1. The van der Waals surface area contributed by atoms with E-state index in [1.807, 2.05) is 13.8 Å². The maximum atomic E-state index is 12.2. The van der Waals surface area contributed by atoms with Gasteiger partial charge in [0.1, 0.15) is 5.69 Å². The second-order valence-electron chi connectivity index (χ2n) is 2.60. The van der Waals surface area contributed by atoms with Crippen molar-refractivity contribution in [1.29, 1.82) is 0 Å². The van der Waals surface area contributed by atoms with E-state index in [1.165, 1.54) is 13.1 Å². The summed E-state index contributed by atoms with van der Waals surface area (Å²) in [6.07, 6.45) is -3.17. The molecule has 4 heteroatoms. The molecule has 1 aromatic heterocycles. The van der Waals surface area contributed by atoms with Gasteiger partial charge in [0.25, 0.3) is 0 Å². The summed E-state index contributed by atoms with van der Waals surface area (Å²) in [5.74, 6) is 0. The lowest BCUT2D eigenvalue weighted by atomic mass is 10.1. The van der Waals surface area contributed by atoms with Gasteiger partial charge in [0.15, 0.2) is 0 Å². The minimum absolute atomic E-state index is 0.199. The molecule has 0 radical (unpaired) electrons. The van der Waals surface area contributed by atoms with Crippen LogP contribution in [0.4, 0.5) is 13.2 Å². The summed E-state index contributed by atoms with van der Waals surface area (Å²) in [5, 5.41) is 0. The van der Waals surface area contributed by atoms with Crippen LogP contribution < -0.4 is 0 Å².